The number of epoxide rings is 1. The number of phenols is 1. The Morgan fingerprint density at radius 2 is 2.40 bits per heavy atom. The van der Waals surface area contributed by atoms with E-state index in [1.807, 2.05) is 25.1 Å². The van der Waals surface area contributed by atoms with Gasteiger partial charge in [0, 0.05) is 0 Å². The lowest BCUT2D eigenvalue weighted by Gasteiger charge is -2.06. The summed E-state index contributed by atoms with van der Waals surface area (Å²) in [5.41, 5.74) is 0.963. The lowest BCUT2D eigenvalue weighted by atomic mass is 10.2. The Morgan fingerprint density at radius 3 is 3.00 bits per heavy atom. The maximum atomic E-state index is 9.65. The van der Waals surface area contributed by atoms with Crippen LogP contribution in [0.15, 0.2) is 24.3 Å². The minimum atomic E-state index is 0.172. The van der Waals surface area contributed by atoms with Gasteiger partial charge in [0.15, 0.2) is 11.5 Å². The highest BCUT2D eigenvalue weighted by atomic mass is 16.6. The van der Waals surface area contributed by atoms with Crippen LogP contribution in [0.3, 0.4) is 0 Å². The van der Waals surface area contributed by atoms with Crippen LogP contribution < -0.4 is 4.74 Å². The molecular formula is C12H14O3. The minimum Gasteiger partial charge on any atom is -0.504 e. The number of hydrogen-bond acceptors (Lipinski definition) is 3. The molecule has 3 nitrogen and oxygen atoms in total. The summed E-state index contributed by atoms with van der Waals surface area (Å²) in [6, 6.07) is 5.36. The molecule has 1 unspecified atom stereocenters. The molecule has 15 heavy (non-hydrogen) atoms. The SMILES string of the molecule is C/C=C/c1ccc(OCC2CO2)c(O)c1. The van der Waals surface area contributed by atoms with Crippen LogP contribution in [0.25, 0.3) is 6.08 Å². The summed E-state index contributed by atoms with van der Waals surface area (Å²) >= 11 is 0. The smallest absolute Gasteiger partial charge is 0.161 e. The largest absolute Gasteiger partial charge is 0.504 e. The first-order valence-electron chi connectivity index (χ1n) is 4.99. The highest BCUT2D eigenvalue weighted by Gasteiger charge is 2.23. The Kier molecular flexibility index (Phi) is 2.92. The molecule has 0 radical (unpaired) electrons. The lowest BCUT2D eigenvalue weighted by Crippen LogP contribution is -2.03. The molecule has 0 aliphatic carbocycles. The number of aromatic hydroxyl groups is 1. The second kappa shape index (κ2) is 4.36. The zero-order valence-corrected chi connectivity index (χ0v) is 8.64. The van der Waals surface area contributed by atoms with Gasteiger partial charge in [-0.05, 0) is 24.6 Å². The monoisotopic (exact) mass is 206 g/mol. The van der Waals surface area contributed by atoms with Gasteiger partial charge in [0.05, 0.1) is 6.61 Å². The molecule has 1 N–H and O–H groups in total. The molecular weight excluding hydrogens is 192 g/mol. The summed E-state index contributed by atoms with van der Waals surface area (Å²) in [7, 11) is 0. The fourth-order valence-corrected chi connectivity index (χ4v) is 1.30. The molecule has 1 saturated heterocycles. The maximum Gasteiger partial charge on any atom is 0.161 e. The summed E-state index contributed by atoms with van der Waals surface area (Å²) in [5, 5.41) is 9.65. The van der Waals surface area contributed by atoms with Crippen LogP contribution in [0.1, 0.15) is 12.5 Å². The molecule has 0 saturated carbocycles. The topological polar surface area (TPSA) is 42.0 Å². The van der Waals surface area contributed by atoms with Gasteiger partial charge in [-0.1, -0.05) is 18.2 Å². The van der Waals surface area contributed by atoms with E-state index in [-0.39, 0.29) is 11.9 Å². The van der Waals surface area contributed by atoms with Gasteiger partial charge in [0.2, 0.25) is 0 Å². The van der Waals surface area contributed by atoms with Crippen molar-refractivity contribution in [1.82, 2.24) is 0 Å². The van der Waals surface area contributed by atoms with Crippen molar-refractivity contribution in [1.29, 1.82) is 0 Å². The second-order valence-corrected chi connectivity index (χ2v) is 3.49. The van der Waals surface area contributed by atoms with Crippen LogP contribution in [-0.2, 0) is 4.74 Å². The van der Waals surface area contributed by atoms with Gasteiger partial charge in [-0.15, -0.1) is 0 Å². The van der Waals surface area contributed by atoms with E-state index in [1.54, 1.807) is 12.1 Å². The molecule has 1 aliphatic rings. The molecule has 1 aliphatic heterocycles. The van der Waals surface area contributed by atoms with Crippen molar-refractivity contribution in [2.75, 3.05) is 13.2 Å². The van der Waals surface area contributed by atoms with Gasteiger partial charge in [-0.25, -0.2) is 0 Å². The van der Waals surface area contributed by atoms with Crippen LogP contribution in [0, 0.1) is 0 Å². The first kappa shape index (κ1) is 10.1. The van der Waals surface area contributed by atoms with E-state index in [0.717, 1.165) is 12.2 Å². The molecule has 1 atom stereocenters. The van der Waals surface area contributed by atoms with E-state index in [2.05, 4.69) is 0 Å². The number of phenolic OH excluding ortho intramolecular Hbond substituents is 1. The first-order chi connectivity index (χ1) is 7.29. The predicted octanol–water partition coefficient (Wildman–Crippen LogP) is 2.20. The molecule has 2 rings (SSSR count). The molecule has 1 heterocycles. The van der Waals surface area contributed by atoms with Gasteiger partial charge < -0.3 is 14.6 Å². The lowest BCUT2D eigenvalue weighted by molar-refractivity contribution is 0.254. The van der Waals surface area contributed by atoms with E-state index < -0.39 is 0 Å². The van der Waals surface area contributed by atoms with E-state index in [4.69, 9.17) is 9.47 Å². The summed E-state index contributed by atoms with van der Waals surface area (Å²) in [6.45, 7) is 3.21. The van der Waals surface area contributed by atoms with Gasteiger partial charge in [-0.3, -0.25) is 0 Å². The molecule has 80 valence electrons. The van der Waals surface area contributed by atoms with Crippen molar-refractivity contribution < 1.29 is 14.6 Å². The van der Waals surface area contributed by atoms with E-state index in [1.165, 1.54) is 0 Å². The van der Waals surface area contributed by atoms with Crippen LogP contribution >= 0.6 is 0 Å². The highest BCUT2D eigenvalue weighted by molar-refractivity contribution is 5.55. The molecule has 3 heteroatoms. The van der Waals surface area contributed by atoms with Gasteiger partial charge >= 0.3 is 0 Å². The quantitative estimate of drug-likeness (QED) is 0.768. The number of rotatable bonds is 4. The Hall–Kier alpha value is -1.48. The van der Waals surface area contributed by atoms with Crippen molar-refractivity contribution in [3.05, 3.63) is 29.8 Å². The van der Waals surface area contributed by atoms with Crippen molar-refractivity contribution in [3.8, 4) is 11.5 Å². The standard InChI is InChI=1S/C12H14O3/c1-2-3-9-4-5-12(11(13)6-9)15-8-10-7-14-10/h2-6,10,13H,7-8H2,1H3/b3-2+. The Bertz CT molecular complexity index is 367. The third-order valence-electron chi connectivity index (χ3n) is 2.17. The average Bonchev–Trinajstić information content (AvgIpc) is 3.01. The number of ether oxygens (including phenoxy) is 2. The second-order valence-electron chi connectivity index (χ2n) is 3.49. The zero-order chi connectivity index (χ0) is 10.7. The van der Waals surface area contributed by atoms with Crippen LogP contribution in [0.5, 0.6) is 11.5 Å². The Balaban J connectivity index is 2.03. The highest BCUT2D eigenvalue weighted by Crippen LogP contribution is 2.28. The summed E-state index contributed by atoms with van der Waals surface area (Å²) in [6.07, 6.45) is 4.06. The van der Waals surface area contributed by atoms with Crippen molar-refractivity contribution in [3.63, 3.8) is 0 Å². The normalized spacial score (nSPS) is 19.4. The Labute approximate surface area is 88.9 Å². The van der Waals surface area contributed by atoms with Crippen LogP contribution in [0.4, 0.5) is 0 Å². The third-order valence-corrected chi connectivity index (χ3v) is 2.17. The van der Waals surface area contributed by atoms with Gasteiger partial charge in [0.25, 0.3) is 0 Å². The zero-order valence-electron chi connectivity index (χ0n) is 8.64. The van der Waals surface area contributed by atoms with Gasteiger partial charge in [-0.2, -0.15) is 0 Å². The molecule has 0 bridgehead atoms. The number of hydrogen-bond donors (Lipinski definition) is 1. The summed E-state index contributed by atoms with van der Waals surface area (Å²) in [5.74, 6) is 0.685. The first-order valence-corrected chi connectivity index (χ1v) is 4.99. The van der Waals surface area contributed by atoms with Crippen LogP contribution in [-0.4, -0.2) is 24.4 Å². The summed E-state index contributed by atoms with van der Waals surface area (Å²) in [4.78, 5) is 0. The number of benzene rings is 1. The van der Waals surface area contributed by atoms with E-state index in [0.29, 0.717) is 12.4 Å². The average molecular weight is 206 g/mol. The molecule has 1 fully saturated rings. The molecule has 1 aromatic carbocycles. The Morgan fingerprint density at radius 1 is 1.60 bits per heavy atom. The molecule has 0 amide bonds. The predicted molar refractivity (Wildman–Crippen MR) is 58.0 cm³/mol. The molecule has 0 aromatic heterocycles. The molecule has 1 aromatic rings. The van der Waals surface area contributed by atoms with Crippen molar-refractivity contribution >= 4 is 6.08 Å². The molecule has 0 spiro atoms. The number of allylic oxidation sites excluding steroid dienone is 1. The third kappa shape index (κ3) is 2.73. The van der Waals surface area contributed by atoms with Crippen molar-refractivity contribution in [2.45, 2.75) is 13.0 Å². The maximum absolute atomic E-state index is 9.65. The van der Waals surface area contributed by atoms with Gasteiger partial charge in [0.1, 0.15) is 12.7 Å². The summed E-state index contributed by atoms with van der Waals surface area (Å²) < 4.78 is 10.4. The van der Waals surface area contributed by atoms with Crippen molar-refractivity contribution in [2.24, 2.45) is 0 Å². The minimum absolute atomic E-state index is 0.172. The van der Waals surface area contributed by atoms with Crippen LogP contribution in [0.2, 0.25) is 0 Å². The van der Waals surface area contributed by atoms with E-state index >= 15 is 0 Å². The fourth-order valence-electron chi connectivity index (χ4n) is 1.30. The fraction of sp³-hybridized carbons (Fsp3) is 0.333. The van der Waals surface area contributed by atoms with E-state index in [9.17, 15) is 5.11 Å².